The Morgan fingerprint density at radius 1 is 1.20 bits per heavy atom. The van der Waals surface area contributed by atoms with E-state index < -0.39 is 0 Å². The summed E-state index contributed by atoms with van der Waals surface area (Å²) in [5.74, 6) is 2.26. The zero-order valence-electron chi connectivity index (χ0n) is 14.1. The largest absolute Gasteiger partial charge is 0.381 e. The Bertz CT molecular complexity index is 712. The summed E-state index contributed by atoms with van der Waals surface area (Å²) in [5, 5.41) is 4.14. The van der Waals surface area contributed by atoms with Crippen LogP contribution >= 0.6 is 0 Å². The summed E-state index contributed by atoms with van der Waals surface area (Å²) in [6, 6.07) is 3.52. The predicted molar refractivity (Wildman–Crippen MR) is 89.0 cm³/mol. The molecule has 2 aliphatic heterocycles. The molecule has 0 N–H and O–H groups in total. The maximum absolute atomic E-state index is 12.5. The summed E-state index contributed by atoms with van der Waals surface area (Å²) >= 11 is 0. The zero-order valence-corrected chi connectivity index (χ0v) is 14.1. The number of pyridine rings is 1. The van der Waals surface area contributed by atoms with Crippen LogP contribution in [0.3, 0.4) is 0 Å². The second-order valence-electron chi connectivity index (χ2n) is 6.78. The Hall–Kier alpha value is -2.28. The van der Waals surface area contributed by atoms with Gasteiger partial charge >= 0.3 is 0 Å². The van der Waals surface area contributed by atoms with Gasteiger partial charge in [0.15, 0.2) is 5.82 Å². The molecule has 2 aromatic heterocycles. The van der Waals surface area contributed by atoms with Crippen LogP contribution in [0, 0.1) is 5.92 Å². The monoisotopic (exact) mass is 342 g/mol. The molecule has 132 valence electrons. The van der Waals surface area contributed by atoms with Crippen LogP contribution in [-0.2, 0) is 11.2 Å². The summed E-state index contributed by atoms with van der Waals surface area (Å²) in [5.41, 5.74) is 0.692. The van der Waals surface area contributed by atoms with E-state index >= 15 is 0 Å². The molecule has 7 nitrogen and oxygen atoms in total. The van der Waals surface area contributed by atoms with E-state index in [0.717, 1.165) is 63.7 Å². The Morgan fingerprint density at radius 2 is 2.00 bits per heavy atom. The smallest absolute Gasteiger partial charge is 0.253 e. The first kappa shape index (κ1) is 16.2. The van der Waals surface area contributed by atoms with Gasteiger partial charge in [0.2, 0.25) is 5.89 Å². The molecule has 4 heterocycles. The molecular formula is C18H22N4O3. The van der Waals surface area contributed by atoms with E-state index in [-0.39, 0.29) is 5.91 Å². The molecule has 1 amide bonds. The van der Waals surface area contributed by atoms with Crippen LogP contribution in [0.5, 0.6) is 0 Å². The summed E-state index contributed by atoms with van der Waals surface area (Å²) in [4.78, 5) is 22.9. The van der Waals surface area contributed by atoms with Crippen LogP contribution in [0.1, 0.15) is 47.3 Å². The molecule has 7 heteroatoms. The molecule has 25 heavy (non-hydrogen) atoms. The predicted octanol–water partition coefficient (Wildman–Crippen LogP) is 2.06. The fourth-order valence-electron chi connectivity index (χ4n) is 3.58. The lowest BCUT2D eigenvalue weighted by Gasteiger charge is -2.18. The van der Waals surface area contributed by atoms with Gasteiger partial charge in [-0.1, -0.05) is 5.16 Å². The molecule has 0 saturated carbocycles. The van der Waals surface area contributed by atoms with Gasteiger partial charge in [0, 0.05) is 56.6 Å². The van der Waals surface area contributed by atoms with Gasteiger partial charge in [-0.05, 0) is 37.3 Å². The van der Waals surface area contributed by atoms with Crippen molar-refractivity contribution in [2.75, 3.05) is 26.3 Å². The number of likely N-dealkylation sites (tertiary alicyclic amines) is 1. The highest BCUT2D eigenvalue weighted by Gasteiger charge is 2.29. The lowest BCUT2D eigenvalue weighted by atomic mass is 10.0. The van der Waals surface area contributed by atoms with E-state index in [9.17, 15) is 4.79 Å². The lowest BCUT2D eigenvalue weighted by Crippen LogP contribution is -2.29. The van der Waals surface area contributed by atoms with E-state index in [0.29, 0.717) is 17.4 Å². The number of carbonyl (C=O) groups excluding carboxylic acids is 1. The molecule has 2 aromatic rings. The molecule has 0 aliphatic carbocycles. The first-order chi connectivity index (χ1) is 12.3. The van der Waals surface area contributed by atoms with Crippen molar-refractivity contribution in [1.82, 2.24) is 20.0 Å². The van der Waals surface area contributed by atoms with Crippen molar-refractivity contribution >= 4 is 5.91 Å². The maximum Gasteiger partial charge on any atom is 0.253 e. The number of nitrogens with zero attached hydrogens (tertiary/aromatic N) is 4. The lowest BCUT2D eigenvalue weighted by molar-refractivity contribution is 0.0778. The van der Waals surface area contributed by atoms with Crippen molar-refractivity contribution in [3.8, 4) is 0 Å². The van der Waals surface area contributed by atoms with Gasteiger partial charge in [-0.15, -0.1) is 0 Å². The second-order valence-corrected chi connectivity index (χ2v) is 6.78. The first-order valence-corrected chi connectivity index (χ1v) is 8.89. The molecule has 1 unspecified atom stereocenters. The molecule has 2 aliphatic rings. The third-order valence-corrected chi connectivity index (χ3v) is 5.03. The number of hydrogen-bond acceptors (Lipinski definition) is 6. The summed E-state index contributed by atoms with van der Waals surface area (Å²) in [6.45, 7) is 3.03. The molecule has 4 rings (SSSR count). The fraction of sp³-hybridized carbons (Fsp3) is 0.556. The SMILES string of the molecule is O=C(c1ccncc1)N1CCC(Cc2noc(C3CCOCC3)n2)C1. The van der Waals surface area contributed by atoms with Gasteiger partial charge in [-0.3, -0.25) is 9.78 Å². The van der Waals surface area contributed by atoms with Crippen molar-refractivity contribution in [1.29, 1.82) is 0 Å². The van der Waals surface area contributed by atoms with Gasteiger partial charge in [0.25, 0.3) is 5.91 Å². The van der Waals surface area contributed by atoms with Crippen LogP contribution in [0.2, 0.25) is 0 Å². The third kappa shape index (κ3) is 3.71. The Morgan fingerprint density at radius 3 is 2.80 bits per heavy atom. The number of ether oxygens (including phenoxy) is 1. The number of amides is 1. The standard InChI is InChI=1S/C18H22N4O3/c23-18(15-1-6-19-7-2-15)22-8-3-13(12-22)11-16-20-17(25-21-16)14-4-9-24-10-5-14/h1-2,6-7,13-14H,3-5,8-12H2. The molecule has 0 aromatic carbocycles. The summed E-state index contributed by atoms with van der Waals surface area (Å²) in [6.07, 6.45) is 6.92. The highest BCUT2D eigenvalue weighted by atomic mass is 16.5. The molecule has 2 fully saturated rings. The van der Waals surface area contributed by atoms with Crippen LogP contribution in [0.15, 0.2) is 29.0 Å². The third-order valence-electron chi connectivity index (χ3n) is 5.03. The minimum Gasteiger partial charge on any atom is -0.381 e. The van der Waals surface area contributed by atoms with Gasteiger partial charge < -0.3 is 14.2 Å². The van der Waals surface area contributed by atoms with E-state index in [2.05, 4.69) is 15.1 Å². The van der Waals surface area contributed by atoms with Gasteiger partial charge in [0.05, 0.1) is 0 Å². The summed E-state index contributed by atoms with van der Waals surface area (Å²) < 4.78 is 10.8. The normalized spacial score (nSPS) is 21.6. The summed E-state index contributed by atoms with van der Waals surface area (Å²) in [7, 11) is 0. The Kier molecular flexibility index (Phi) is 4.74. The van der Waals surface area contributed by atoms with Crippen LogP contribution < -0.4 is 0 Å². The Balaban J connectivity index is 1.33. The number of hydrogen-bond donors (Lipinski definition) is 0. The molecule has 0 radical (unpaired) electrons. The first-order valence-electron chi connectivity index (χ1n) is 8.89. The number of carbonyl (C=O) groups is 1. The average Bonchev–Trinajstić information content (AvgIpc) is 3.33. The topological polar surface area (TPSA) is 81.4 Å². The van der Waals surface area contributed by atoms with E-state index in [4.69, 9.17) is 9.26 Å². The maximum atomic E-state index is 12.5. The van der Waals surface area contributed by atoms with E-state index in [1.807, 2.05) is 4.90 Å². The highest BCUT2D eigenvalue weighted by molar-refractivity contribution is 5.94. The molecule has 0 spiro atoms. The minimum atomic E-state index is 0.0703. The van der Waals surface area contributed by atoms with Crippen LogP contribution in [-0.4, -0.2) is 52.2 Å². The van der Waals surface area contributed by atoms with Gasteiger partial charge in [0.1, 0.15) is 0 Å². The van der Waals surface area contributed by atoms with Crippen molar-refractivity contribution in [3.63, 3.8) is 0 Å². The van der Waals surface area contributed by atoms with Crippen molar-refractivity contribution in [3.05, 3.63) is 41.8 Å². The highest BCUT2D eigenvalue weighted by Crippen LogP contribution is 2.27. The second kappa shape index (κ2) is 7.31. The van der Waals surface area contributed by atoms with Crippen LogP contribution in [0.25, 0.3) is 0 Å². The molecular weight excluding hydrogens is 320 g/mol. The van der Waals surface area contributed by atoms with Crippen LogP contribution in [0.4, 0.5) is 0 Å². The van der Waals surface area contributed by atoms with Crippen molar-refractivity contribution in [2.24, 2.45) is 5.92 Å². The molecule has 2 saturated heterocycles. The zero-order chi connectivity index (χ0) is 17.1. The minimum absolute atomic E-state index is 0.0703. The van der Waals surface area contributed by atoms with Crippen molar-refractivity contribution in [2.45, 2.75) is 31.6 Å². The van der Waals surface area contributed by atoms with E-state index in [1.165, 1.54) is 0 Å². The number of rotatable bonds is 4. The number of aromatic nitrogens is 3. The Labute approximate surface area is 146 Å². The average molecular weight is 342 g/mol. The molecule has 0 bridgehead atoms. The molecule has 1 atom stereocenters. The van der Waals surface area contributed by atoms with E-state index in [1.54, 1.807) is 24.5 Å². The van der Waals surface area contributed by atoms with Gasteiger partial charge in [-0.25, -0.2) is 0 Å². The fourth-order valence-corrected chi connectivity index (χ4v) is 3.58. The quantitative estimate of drug-likeness (QED) is 0.846. The van der Waals surface area contributed by atoms with Gasteiger partial charge in [-0.2, -0.15) is 4.98 Å². The van der Waals surface area contributed by atoms with Crippen molar-refractivity contribution < 1.29 is 14.1 Å².